The predicted octanol–water partition coefficient (Wildman–Crippen LogP) is 1.30. The Bertz CT molecular complexity index is 808. The maximum absolute atomic E-state index is 12.5. The van der Waals surface area contributed by atoms with Gasteiger partial charge in [-0.15, -0.1) is 0 Å². The summed E-state index contributed by atoms with van der Waals surface area (Å²) in [7, 11) is 0. The number of rotatable bonds is 4. The topological polar surface area (TPSA) is 86.4 Å². The van der Waals surface area contributed by atoms with Gasteiger partial charge in [0.1, 0.15) is 5.69 Å². The zero-order chi connectivity index (χ0) is 17.4. The van der Waals surface area contributed by atoms with Crippen molar-refractivity contribution in [3.63, 3.8) is 0 Å². The van der Waals surface area contributed by atoms with E-state index in [1.807, 2.05) is 30.3 Å². The van der Waals surface area contributed by atoms with Crippen LogP contribution in [0.3, 0.4) is 0 Å². The first-order valence-corrected chi connectivity index (χ1v) is 8.35. The molecule has 25 heavy (non-hydrogen) atoms. The van der Waals surface area contributed by atoms with Crippen molar-refractivity contribution in [1.82, 2.24) is 20.0 Å². The van der Waals surface area contributed by atoms with Crippen molar-refractivity contribution >= 4 is 17.7 Å². The van der Waals surface area contributed by atoms with Gasteiger partial charge >= 0.3 is 0 Å². The Morgan fingerprint density at radius 2 is 1.80 bits per heavy atom. The number of aromatic amines is 1. The number of nitrogens with one attached hydrogen (secondary N) is 1. The number of hydrogen-bond acceptors (Lipinski definition) is 4. The molecule has 0 radical (unpaired) electrons. The van der Waals surface area contributed by atoms with E-state index < -0.39 is 0 Å². The van der Waals surface area contributed by atoms with Gasteiger partial charge in [0, 0.05) is 44.0 Å². The van der Waals surface area contributed by atoms with Crippen LogP contribution in [-0.2, 0) is 9.59 Å². The minimum Gasteiger partial charge on any atom is -0.337 e. The third-order valence-corrected chi connectivity index (χ3v) is 4.72. The zero-order valence-electron chi connectivity index (χ0n) is 13.6. The fourth-order valence-corrected chi connectivity index (χ4v) is 3.29. The van der Waals surface area contributed by atoms with E-state index in [-0.39, 0.29) is 23.6 Å². The second-order valence-electron chi connectivity index (χ2n) is 6.51. The molecule has 2 fully saturated rings. The number of imide groups is 1. The minimum atomic E-state index is -0.106. The summed E-state index contributed by atoms with van der Waals surface area (Å²) in [6.45, 7) is 1.52. The van der Waals surface area contributed by atoms with E-state index in [1.165, 1.54) is 4.90 Å². The number of nitrogens with zero attached hydrogens (tertiary/aromatic N) is 3. The normalized spacial score (nSPS) is 17.9. The number of hydrogen-bond donors (Lipinski definition) is 1. The van der Waals surface area contributed by atoms with Crippen LogP contribution in [0.1, 0.15) is 23.3 Å². The zero-order valence-corrected chi connectivity index (χ0v) is 13.6. The maximum atomic E-state index is 12.5. The number of carbonyl (C=O) groups excluding carboxylic acids is 3. The molecule has 2 saturated heterocycles. The van der Waals surface area contributed by atoms with Crippen LogP contribution < -0.4 is 0 Å². The van der Waals surface area contributed by atoms with Gasteiger partial charge in [0.2, 0.25) is 11.8 Å². The monoisotopic (exact) mass is 338 g/mol. The van der Waals surface area contributed by atoms with Crippen molar-refractivity contribution in [3.05, 3.63) is 42.1 Å². The fraction of sp³-hybridized carbons (Fsp3) is 0.333. The molecule has 0 bridgehead atoms. The average Bonchev–Trinajstić information content (AvgIpc) is 3.19. The van der Waals surface area contributed by atoms with E-state index in [0.717, 1.165) is 11.3 Å². The summed E-state index contributed by atoms with van der Waals surface area (Å²) in [4.78, 5) is 38.8. The molecule has 0 spiro atoms. The van der Waals surface area contributed by atoms with Crippen molar-refractivity contribution in [1.29, 1.82) is 0 Å². The number of aromatic nitrogens is 2. The quantitative estimate of drug-likeness (QED) is 0.851. The van der Waals surface area contributed by atoms with Gasteiger partial charge in [-0.2, -0.15) is 5.10 Å². The average molecular weight is 338 g/mol. The Labute approximate surface area is 144 Å². The number of carbonyl (C=O) groups is 3. The lowest BCUT2D eigenvalue weighted by atomic mass is 9.99. The summed E-state index contributed by atoms with van der Waals surface area (Å²) in [5.41, 5.74) is 2.13. The Kier molecular flexibility index (Phi) is 3.83. The van der Waals surface area contributed by atoms with Crippen LogP contribution in [0, 0.1) is 5.92 Å². The van der Waals surface area contributed by atoms with Crippen LogP contribution in [-0.4, -0.2) is 57.4 Å². The van der Waals surface area contributed by atoms with Gasteiger partial charge in [-0.1, -0.05) is 30.3 Å². The predicted molar refractivity (Wildman–Crippen MR) is 89.4 cm³/mol. The summed E-state index contributed by atoms with van der Waals surface area (Å²) in [5, 5.41) is 7.00. The second-order valence-corrected chi connectivity index (χ2v) is 6.51. The second kappa shape index (κ2) is 6.16. The summed E-state index contributed by atoms with van der Waals surface area (Å²) in [5.74, 6) is -0.150. The van der Waals surface area contributed by atoms with Crippen LogP contribution in [0.5, 0.6) is 0 Å². The molecule has 0 atom stereocenters. The highest BCUT2D eigenvalue weighted by Crippen LogP contribution is 2.23. The van der Waals surface area contributed by atoms with Crippen LogP contribution in [0.15, 0.2) is 36.4 Å². The van der Waals surface area contributed by atoms with Gasteiger partial charge in [-0.25, -0.2) is 0 Å². The van der Waals surface area contributed by atoms with Gasteiger partial charge in [0.15, 0.2) is 0 Å². The molecule has 7 nitrogen and oxygen atoms in total. The van der Waals surface area contributed by atoms with E-state index in [4.69, 9.17) is 0 Å². The molecule has 128 valence electrons. The third kappa shape index (κ3) is 2.93. The number of amides is 3. The van der Waals surface area contributed by atoms with Crippen LogP contribution >= 0.6 is 0 Å². The smallest absolute Gasteiger partial charge is 0.271 e. The fourth-order valence-electron chi connectivity index (χ4n) is 3.29. The molecule has 7 heteroatoms. The van der Waals surface area contributed by atoms with Gasteiger partial charge in [0.25, 0.3) is 5.91 Å². The largest absolute Gasteiger partial charge is 0.337 e. The van der Waals surface area contributed by atoms with E-state index >= 15 is 0 Å². The van der Waals surface area contributed by atoms with Crippen molar-refractivity contribution < 1.29 is 14.4 Å². The lowest BCUT2D eigenvalue weighted by Crippen LogP contribution is -2.54. The van der Waals surface area contributed by atoms with Crippen LogP contribution in [0.4, 0.5) is 0 Å². The van der Waals surface area contributed by atoms with E-state index in [0.29, 0.717) is 38.2 Å². The molecule has 1 aromatic heterocycles. The summed E-state index contributed by atoms with van der Waals surface area (Å²) in [6.07, 6.45) is 0.620. The molecule has 1 aromatic carbocycles. The van der Waals surface area contributed by atoms with Gasteiger partial charge in [-0.3, -0.25) is 24.4 Å². The van der Waals surface area contributed by atoms with E-state index in [2.05, 4.69) is 10.2 Å². The minimum absolute atomic E-state index is 0.101. The lowest BCUT2D eigenvalue weighted by Gasteiger charge is -2.40. The number of H-pyrrole nitrogens is 1. The van der Waals surface area contributed by atoms with Crippen molar-refractivity contribution in [2.45, 2.75) is 12.8 Å². The lowest BCUT2D eigenvalue weighted by molar-refractivity contribution is -0.139. The first kappa shape index (κ1) is 15.6. The van der Waals surface area contributed by atoms with Gasteiger partial charge in [-0.05, 0) is 6.07 Å². The number of benzene rings is 1. The van der Waals surface area contributed by atoms with Crippen molar-refractivity contribution in [2.75, 3.05) is 19.6 Å². The Morgan fingerprint density at radius 1 is 1.12 bits per heavy atom. The molecular formula is C18H18N4O3. The first-order valence-electron chi connectivity index (χ1n) is 8.35. The summed E-state index contributed by atoms with van der Waals surface area (Å²) < 4.78 is 0. The highest BCUT2D eigenvalue weighted by molar-refractivity contribution is 6.02. The number of likely N-dealkylation sites (tertiary alicyclic amines) is 2. The molecule has 4 rings (SSSR count). The van der Waals surface area contributed by atoms with E-state index in [1.54, 1.807) is 11.0 Å². The Balaban J connectivity index is 1.35. The first-order chi connectivity index (χ1) is 12.1. The standard InChI is InChI=1S/C18H18N4O3/c23-16-6-7-17(24)22(16)11-12-9-21(10-12)18(25)15-8-14(19-20-15)13-4-2-1-3-5-13/h1-5,8,12H,6-7,9-11H2,(H,19,20). The maximum Gasteiger partial charge on any atom is 0.271 e. The van der Waals surface area contributed by atoms with E-state index in [9.17, 15) is 14.4 Å². The molecule has 0 saturated carbocycles. The highest BCUT2D eigenvalue weighted by Gasteiger charge is 2.37. The molecule has 2 aromatic rings. The molecule has 1 N–H and O–H groups in total. The molecule has 0 unspecified atom stereocenters. The van der Waals surface area contributed by atoms with Crippen LogP contribution in [0.25, 0.3) is 11.3 Å². The SMILES string of the molecule is O=C(c1cc(-c2ccccc2)n[nH]1)N1CC(CN2C(=O)CCC2=O)C1. The highest BCUT2D eigenvalue weighted by atomic mass is 16.2. The van der Waals surface area contributed by atoms with Crippen molar-refractivity contribution in [2.24, 2.45) is 5.92 Å². The van der Waals surface area contributed by atoms with Crippen LogP contribution in [0.2, 0.25) is 0 Å². The molecule has 3 amide bonds. The molecule has 0 aliphatic carbocycles. The van der Waals surface area contributed by atoms with Gasteiger partial charge in [0.05, 0.1) is 5.69 Å². The summed E-state index contributed by atoms with van der Waals surface area (Å²) in [6, 6.07) is 11.4. The third-order valence-electron chi connectivity index (χ3n) is 4.72. The Hall–Kier alpha value is -2.96. The summed E-state index contributed by atoms with van der Waals surface area (Å²) >= 11 is 0. The molecule has 2 aliphatic heterocycles. The van der Waals surface area contributed by atoms with Gasteiger partial charge < -0.3 is 4.90 Å². The Morgan fingerprint density at radius 3 is 2.48 bits per heavy atom. The molecule has 3 heterocycles. The molecule has 2 aliphatic rings. The van der Waals surface area contributed by atoms with Crippen molar-refractivity contribution in [3.8, 4) is 11.3 Å². The molecular weight excluding hydrogens is 320 g/mol.